The van der Waals surface area contributed by atoms with Gasteiger partial charge >= 0.3 is 24.3 Å². The number of aliphatic carboxylic acids is 2. The molecule has 0 saturated carbocycles. The van der Waals surface area contributed by atoms with Crippen molar-refractivity contribution in [2.24, 2.45) is 11.8 Å². The highest BCUT2D eigenvalue weighted by Gasteiger charge is 2.42. The van der Waals surface area contributed by atoms with E-state index in [4.69, 9.17) is 29.3 Å². The van der Waals surface area contributed by atoms with E-state index in [9.17, 15) is 31.1 Å². The van der Waals surface area contributed by atoms with Crippen molar-refractivity contribution >= 4 is 17.8 Å². The Balaban J connectivity index is 0.000000426. The summed E-state index contributed by atoms with van der Waals surface area (Å²) in [7, 11) is 1.65. The van der Waals surface area contributed by atoms with Gasteiger partial charge in [0, 0.05) is 57.9 Å². The number of likely N-dealkylation sites (tertiary alicyclic amines) is 1. The third-order valence-corrected chi connectivity index (χ3v) is 5.49. The first-order valence-corrected chi connectivity index (χ1v) is 11.3. The quantitative estimate of drug-likeness (QED) is 0.353. The molecule has 0 spiro atoms. The lowest BCUT2D eigenvalue weighted by atomic mass is 9.79. The van der Waals surface area contributed by atoms with Crippen LogP contribution in [0, 0.1) is 11.8 Å². The number of carboxylic acid groups (broad SMARTS) is 2. The molecule has 0 radical (unpaired) electrons. The number of amides is 1. The summed E-state index contributed by atoms with van der Waals surface area (Å²) in [6.45, 7) is 4.53. The molecule has 3 rings (SSSR count). The second-order valence-electron chi connectivity index (χ2n) is 8.20. The van der Waals surface area contributed by atoms with Crippen molar-refractivity contribution < 1.29 is 60.4 Å². The molecule has 0 bridgehead atoms. The molecule has 0 unspecified atom stereocenters. The van der Waals surface area contributed by atoms with Gasteiger partial charge in [0.1, 0.15) is 0 Å². The largest absolute Gasteiger partial charge is 0.490 e. The Morgan fingerprint density at radius 2 is 1.71 bits per heavy atom. The van der Waals surface area contributed by atoms with Gasteiger partial charge in [0.25, 0.3) is 0 Å². The summed E-state index contributed by atoms with van der Waals surface area (Å²) in [5.74, 6) is -5.07. The molecule has 216 valence electrons. The molecule has 2 aliphatic rings. The number of alkyl halides is 6. The minimum absolute atomic E-state index is 0.0344. The number of hydrogen-bond acceptors (Lipinski definition) is 7. The molecule has 0 aromatic carbocycles. The van der Waals surface area contributed by atoms with Gasteiger partial charge < -0.3 is 25.0 Å². The van der Waals surface area contributed by atoms with Crippen LogP contribution in [-0.4, -0.2) is 96.4 Å². The van der Waals surface area contributed by atoms with Crippen LogP contribution in [0.4, 0.5) is 26.3 Å². The zero-order valence-corrected chi connectivity index (χ0v) is 20.3. The number of rotatable bonds is 6. The zero-order valence-electron chi connectivity index (χ0n) is 20.3. The molecular weight excluding hydrogens is 532 g/mol. The van der Waals surface area contributed by atoms with Crippen molar-refractivity contribution in [1.29, 1.82) is 0 Å². The number of hydrogen-bond donors (Lipinski definition) is 3. The van der Waals surface area contributed by atoms with Gasteiger partial charge in [0.05, 0.1) is 18.4 Å². The molecule has 1 aromatic heterocycles. The molecular formula is C22H29F6N3O7. The van der Waals surface area contributed by atoms with Crippen molar-refractivity contribution in [3.63, 3.8) is 0 Å². The van der Waals surface area contributed by atoms with Crippen molar-refractivity contribution in [2.75, 3.05) is 40.0 Å². The van der Waals surface area contributed by atoms with Crippen LogP contribution in [0.15, 0.2) is 24.4 Å². The van der Waals surface area contributed by atoms with E-state index in [0.29, 0.717) is 19.8 Å². The summed E-state index contributed by atoms with van der Waals surface area (Å²) < 4.78 is 74.4. The first kappa shape index (κ1) is 33.0. The maximum Gasteiger partial charge on any atom is 0.490 e. The van der Waals surface area contributed by atoms with Gasteiger partial charge in [-0.25, -0.2) is 9.59 Å². The predicted octanol–water partition coefficient (Wildman–Crippen LogP) is 2.34. The Bertz CT molecular complexity index is 862. The summed E-state index contributed by atoms with van der Waals surface area (Å²) in [5, 5.41) is 17.3. The van der Waals surface area contributed by atoms with Gasteiger partial charge in [0.15, 0.2) is 0 Å². The van der Waals surface area contributed by atoms with E-state index in [1.165, 1.54) is 0 Å². The number of pyridine rings is 1. The number of ether oxygens (including phenoxy) is 2. The maximum absolute atomic E-state index is 12.5. The van der Waals surface area contributed by atoms with Crippen LogP contribution in [-0.2, 0) is 30.4 Å². The van der Waals surface area contributed by atoms with Crippen LogP contribution in [0.3, 0.4) is 0 Å². The molecule has 2 fully saturated rings. The highest BCUT2D eigenvalue weighted by molar-refractivity contribution is 5.79. The highest BCUT2D eigenvalue weighted by Crippen LogP contribution is 2.33. The molecule has 38 heavy (non-hydrogen) atoms. The lowest BCUT2D eigenvalue weighted by molar-refractivity contribution is -0.193. The van der Waals surface area contributed by atoms with E-state index in [2.05, 4.69) is 21.3 Å². The standard InChI is InChI=1S/C18H27N3O3.2C2HF3O2/c1-23-11-8-20-18(22)15-6-10-24-17-5-9-21(13-16(15)17)12-14-4-2-3-7-19-14;2*3-2(4,5)1(6)7/h2-4,7,15-17H,5-6,8-13H2,1H3,(H,20,22);2*(H,6,7)/t15-,16-,17-;;/m1../s1. The average molecular weight is 561 g/mol. The Kier molecular flexibility index (Phi) is 13.4. The van der Waals surface area contributed by atoms with Gasteiger partial charge in [-0.3, -0.25) is 14.7 Å². The van der Waals surface area contributed by atoms with E-state index >= 15 is 0 Å². The number of aromatic nitrogens is 1. The van der Waals surface area contributed by atoms with E-state index in [-0.39, 0.29) is 23.8 Å². The van der Waals surface area contributed by atoms with Crippen molar-refractivity contribution in [3.8, 4) is 0 Å². The van der Waals surface area contributed by atoms with E-state index < -0.39 is 24.3 Å². The Labute approximate surface area is 213 Å². The Morgan fingerprint density at radius 1 is 1.11 bits per heavy atom. The van der Waals surface area contributed by atoms with Gasteiger partial charge in [-0.1, -0.05) is 6.07 Å². The van der Waals surface area contributed by atoms with Gasteiger partial charge in [-0.05, 0) is 25.0 Å². The van der Waals surface area contributed by atoms with Gasteiger partial charge in [0.2, 0.25) is 5.91 Å². The minimum Gasteiger partial charge on any atom is -0.475 e. The number of methoxy groups -OCH3 is 1. The number of halogens is 6. The summed E-state index contributed by atoms with van der Waals surface area (Å²) in [6, 6.07) is 6.01. The number of piperidine rings is 1. The van der Waals surface area contributed by atoms with Crippen LogP contribution in [0.1, 0.15) is 18.5 Å². The maximum atomic E-state index is 12.5. The van der Waals surface area contributed by atoms with Crippen LogP contribution < -0.4 is 5.32 Å². The molecule has 10 nitrogen and oxygen atoms in total. The number of carbonyl (C=O) groups is 3. The third-order valence-electron chi connectivity index (χ3n) is 5.49. The fourth-order valence-electron chi connectivity index (χ4n) is 3.78. The topological polar surface area (TPSA) is 138 Å². The molecule has 1 amide bonds. The summed E-state index contributed by atoms with van der Waals surface area (Å²) in [4.78, 5) is 37.1. The SMILES string of the molecule is COCCNC(=O)[C@@H]1CCO[C@@H]2CCN(Cc3ccccn3)C[C@@H]21.O=C(O)C(F)(F)F.O=C(O)C(F)(F)F. The lowest BCUT2D eigenvalue weighted by Gasteiger charge is -2.44. The average Bonchev–Trinajstić information content (AvgIpc) is 2.84. The van der Waals surface area contributed by atoms with Crippen molar-refractivity contribution in [3.05, 3.63) is 30.1 Å². The van der Waals surface area contributed by atoms with Crippen molar-refractivity contribution in [1.82, 2.24) is 15.2 Å². The Morgan fingerprint density at radius 3 is 2.21 bits per heavy atom. The first-order valence-electron chi connectivity index (χ1n) is 11.3. The first-order chi connectivity index (χ1) is 17.7. The Hall–Kier alpha value is -2.98. The smallest absolute Gasteiger partial charge is 0.475 e. The normalized spacial score (nSPS) is 21.5. The third kappa shape index (κ3) is 12.0. The number of nitrogens with one attached hydrogen (secondary N) is 1. The van der Waals surface area contributed by atoms with Crippen molar-refractivity contribution in [2.45, 2.75) is 37.8 Å². The molecule has 3 heterocycles. The van der Waals surface area contributed by atoms with Crippen LogP contribution in [0.5, 0.6) is 0 Å². The fourth-order valence-corrected chi connectivity index (χ4v) is 3.78. The number of fused-ring (bicyclic) bond motifs is 1. The molecule has 0 aliphatic carbocycles. The molecule has 3 atom stereocenters. The second kappa shape index (κ2) is 15.4. The van der Waals surface area contributed by atoms with Crippen LogP contribution in [0.25, 0.3) is 0 Å². The summed E-state index contributed by atoms with van der Waals surface area (Å²) >= 11 is 0. The monoisotopic (exact) mass is 561 g/mol. The lowest BCUT2D eigenvalue weighted by Crippen LogP contribution is -2.53. The molecule has 1 aromatic rings. The van der Waals surface area contributed by atoms with Crippen LogP contribution >= 0.6 is 0 Å². The van der Waals surface area contributed by atoms with Gasteiger partial charge in [-0.2, -0.15) is 26.3 Å². The predicted molar refractivity (Wildman–Crippen MR) is 118 cm³/mol. The minimum atomic E-state index is -5.08. The fraction of sp³-hybridized carbons (Fsp3) is 0.636. The molecule has 2 saturated heterocycles. The number of carbonyl (C=O) groups excluding carboxylic acids is 1. The zero-order chi connectivity index (χ0) is 28.9. The van der Waals surface area contributed by atoms with E-state index in [0.717, 1.165) is 38.2 Å². The van der Waals surface area contributed by atoms with E-state index in [1.54, 1.807) is 7.11 Å². The number of carboxylic acids is 2. The van der Waals surface area contributed by atoms with Crippen LogP contribution in [0.2, 0.25) is 0 Å². The van der Waals surface area contributed by atoms with E-state index in [1.807, 2.05) is 18.3 Å². The summed E-state index contributed by atoms with van der Waals surface area (Å²) in [6.07, 6.45) is -6.34. The summed E-state index contributed by atoms with van der Waals surface area (Å²) in [5.41, 5.74) is 1.08. The highest BCUT2D eigenvalue weighted by atomic mass is 19.4. The number of nitrogens with zero attached hydrogens (tertiary/aromatic N) is 2. The molecule has 2 aliphatic heterocycles. The molecule has 3 N–H and O–H groups in total. The second-order valence-corrected chi connectivity index (χ2v) is 8.20. The molecule has 16 heteroatoms. The van der Waals surface area contributed by atoms with Gasteiger partial charge in [-0.15, -0.1) is 0 Å².